The van der Waals surface area contributed by atoms with Gasteiger partial charge in [0.25, 0.3) is 0 Å². The van der Waals surface area contributed by atoms with E-state index in [0.29, 0.717) is 24.7 Å². The number of nitrogens with zero attached hydrogens (tertiary/aromatic N) is 2. The molecule has 1 aliphatic heterocycles. The van der Waals surface area contributed by atoms with Gasteiger partial charge in [-0.15, -0.1) is 0 Å². The minimum atomic E-state index is -0.375. The first-order chi connectivity index (χ1) is 9.79. The monoisotopic (exact) mass is 297 g/mol. The van der Waals surface area contributed by atoms with E-state index in [-0.39, 0.29) is 17.9 Å². The van der Waals surface area contributed by atoms with Gasteiger partial charge >= 0.3 is 0 Å². The Bertz CT molecular complexity index is 347. The summed E-state index contributed by atoms with van der Waals surface area (Å²) in [5.74, 6) is 0.751. The highest BCUT2D eigenvalue weighted by molar-refractivity contribution is 5.87. The molecule has 0 bridgehead atoms. The molecule has 1 rings (SSSR count). The minimum Gasteiger partial charge on any atom is -0.344 e. The van der Waals surface area contributed by atoms with E-state index in [1.807, 2.05) is 18.7 Å². The van der Waals surface area contributed by atoms with Crippen molar-refractivity contribution in [2.75, 3.05) is 33.2 Å². The summed E-state index contributed by atoms with van der Waals surface area (Å²) in [5.41, 5.74) is 0. The van der Waals surface area contributed by atoms with Crippen molar-refractivity contribution in [3.05, 3.63) is 0 Å². The van der Waals surface area contributed by atoms with Crippen molar-refractivity contribution in [1.82, 2.24) is 15.1 Å². The van der Waals surface area contributed by atoms with E-state index in [4.69, 9.17) is 0 Å². The molecular formula is C16H31N3O2. The van der Waals surface area contributed by atoms with E-state index in [1.165, 1.54) is 0 Å². The van der Waals surface area contributed by atoms with Gasteiger partial charge in [-0.05, 0) is 25.3 Å². The molecule has 1 heterocycles. The zero-order chi connectivity index (χ0) is 16.0. The lowest BCUT2D eigenvalue weighted by atomic mass is 10.0. The maximum absolute atomic E-state index is 12.7. The van der Waals surface area contributed by atoms with E-state index in [2.05, 4.69) is 31.1 Å². The number of amides is 2. The molecule has 1 saturated heterocycles. The zero-order valence-electron chi connectivity index (χ0n) is 14.2. The molecule has 0 aromatic heterocycles. The van der Waals surface area contributed by atoms with Gasteiger partial charge in [0.2, 0.25) is 11.8 Å². The molecule has 0 aliphatic carbocycles. The molecule has 0 aromatic rings. The summed E-state index contributed by atoms with van der Waals surface area (Å²) in [6, 6.07) is -0.375. The van der Waals surface area contributed by atoms with Crippen LogP contribution in [0.4, 0.5) is 0 Å². The Balaban J connectivity index is 2.63. The fourth-order valence-electron chi connectivity index (χ4n) is 2.56. The van der Waals surface area contributed by atoms with Crippen LogP contribution >= 0.6 is 0 Å². The van der Waals surface area contributed by atoms with Gasteiger partial charge in [-0.25, -0.2) is 0 Å². The Morgan fingerprint density at radius 2 is 1.57 bits per heavy atom. The first kappa shape index (κ1) is 18.0. The van der Waals surface area contributed by atoms with Crippen LogP contribution in [0.5, 0.6) is 0 Å². The third-order valence-electron chi connectivity index (χ3n) is 3.75. The summed E-state index contributed by atoms with van der Waals surface area (Å²) in [6.45, 7) is 11.5. The highest BCUT2D eigenvalue weighted by atomic mass is 16.2. The fourth-order valence-corrected chi connectivity index (χ4v) is 2.56. The molecule has 122 valence electrons. The Morgan fingerprint density at radius 1 is 1.00 bits per heavy atom. The van der Waals surface area contributed by atoms with Crippen LogP contribution in [0.3, 0.4) is 0 Å². The van der Waals surface area contributed by atoms with Gasteiger partial charge in [0, 0.05) is 32.6 Å². The summed E-state index contributed by atoms with van der Waals surface area (Å²) in [4.78, 5) is 28.8. The van der Waals surface area contributed by atoms with Crippen molar-refractivity contribution in [2.45, 2.75) is 46.6 Å². The first-order valence-corrected chi connectivity index (χ1v) is 8.06. The number of carbonyl (C=O) groups is 2. The topological polar surface area (TPSA) is 52.7 Å². The predicted molar refractivity (Wildman–Crippen MR) is 84.9 cm³/mol. The molecule has 1 aliphatic rings. The van der Waals surface area contributed by atoms with E-state index >= 15 is 0 Å². The number of nitrogens with one attached hydrogen (secondary N) is 1. The average molecular weight is 297 g/mol. The van der Waals surface area contributed by atoms with Gasteiger partial charge < -0.3 is 15.1 Å². The molecule has 1 fully saturated rings. The summed E-state index contributed by atoms with van der Waals surface area (Å²) >= 11 is 0. The Labute approximate surface area is 129 Å². The lowest BCUT2D eigenvalue weighted by Crippen LogP contribution is -2.54. The van der Waals surface area contributed by atoms with Crippen LogP contribution in [0.1, 0.15) is 40.5 Å². The second-order valence-corrected chi connectivity index (χ2v) is 6.98. The number of rotatable bonds is 6. The molecule has 0 saturated carbocycles. The van der Waals surface area contributed by atoms with Crippen molar-refractivity contribution < 1.29 is 9.59 Å². The third-order valence-corrected chi connectivity index (χ3v) is 3.75. The zero-order valence-corrected chi connectivity index (χ0v) is 14.2. The summed E-state index contributed by atoms with van der Waals surface area (Å²) < 4.78 is 0. The maximum atomic E-state index is 12.7. The van der Waals surface area contributed by atoms with Crippen LogP contribution in [-0.2, 0) is 9.59 Å². The molecule has 1 N–H and O–H groups in total. The highest BCUT2D eigenvalue weighted by Gasteiger charge is 2.28. The number of likely N-dealkylation sites (N-methyl/N-ethyl adjacent to an activating group) is 1. The van der Waals surface area contributed by atoms with Crippen LogP contribution in [0.25, 0.3) is 0 Å². The normalized spacial score (nSPS) is 18.1. The van der Waals surface area contributed by atoms with Crippen molar-refractivity contribution in [2.24, 2.45) is 11.8 Å². The molecule has 0 spiro atoms. The van der Waals surface area contributed by atoms with Crippen LogP contribution in [0.2, 0.25) is 0 Å². The van der Waals surface area contributed by atoms with E-state index < -0.39 is 0 Å². The van der Waals surface area contributed by atoms with E-state index in [0.717, 1.165) is 26.2 Å². The lowest BCUT2D eigenvalue weighted by molar-refractivity contribution is -0.138. The molecule has 0 aromatic carbocycles. The van der Waals surface area contributed by atoms with Gasteiger partial charge in [0.1, 0.15) is 6.04 Å². The van der Waals surface area contributed by atoms with Crippen LogP contribution in [-0.4, -0.2) is 60.9 Å². The standard InChI is InChI=1S/C16H31N3O2/c1-12(2)10-14(17-15(20)11-13(3)4)16(21)19-8-6-18(5)7-9-19/h12-14H,6-11H2,1-5H3,(H,17,20)/t14-/m0/s1. The summed E-state index contributed by atoms with van der Waals surface area (Å²) in [5, 5.41) is 2.94. The molecule has 5 nitrogen and oxygen atoms in total. The van der Waals surface area contributed by atoms with Crippen LogP contribution in [0.15, 0.2) is 0 Å². The summed E-state index contributed by atoms with van der Waals surface area (Å²) in [7, 11) is 2.07. The van der Waals surface area contributed by atoms with Crippen molar-refractivity contribution in [3.8, 4) is 0 Å². The Hall–Kier alpha value is -1.10. The van der Waals surface area contributed by atoms with Gasteiger partial charge in [0.05, 0.1) is 0 Å². The molecule has 21 heavy (non-hydrogen) atoms. The van der Waals surface area contributed by atoms with Crippen LogP contribution in [0, 0.1) is 11.8 Å². The number of hydrogen-bond acceptors (Lipinski definition) is 3. The fraction of sp³-hybridized carbons (Fsp3) is 0.875. The minimum absolute atomic E-state index is 0.0156. The molecule has 5 heteroatoms. The summed E-state index contributed by atoms with van der Waals surface area (Å²) in [6.07, 6.45) is 1.18. The van der Waals surface area contributed by atoms with Gasteiger partial charge in [-0.2, -0.15) is 0 Å². The number of hydrogen-bond donors (Lipinski definition) is 1. The quantitative estimate of drug-likeness (QED) is 0.805. The smallest absolute Gasteiger partial charge is 0.245 e. The maximum Gasteiger partial charge on any atom is 0.245 e. The molecule has 0 unspecified atom stereocenters. The average Bonchev–Trinajstić information content (AvgIpc) is 2.36. The molecular weight excluding hydrogens is 266 g/mol. The lowest BCUT2D eigenvalue weighted by Gasteiger charge is -2.35. The van der Waals surface area contributed by atoms with Gasteiger partial charge in [-0.1, -0.05) is 27.7 Å². The van der Waals surface area contributed by atoms with Gasteiger partial charge in [-0.3, -0.25) is 9.59 Å². The number of carbonyl (C=O) groups excluding carboxylic acids is 2. The Kier molecular flexibility index (Phi) is 7.15. The molecule has 2 amide bonds. The van der Waals surface area contributed by atoms with Crippen molar-refractivity contribution in [1.29, 1.82) is 0 Å². The molecule has 1 atom stereocenters. The van der Waals surface area contributed by atoms with E-state index in [1.54, 1.807) is 0 Å². The Morgan fingerprint density at radius 3 is 2.05 bits per heavy atom. The third kappa shape index (κ3) is 6.46. The first-order valence-electron chi connectivity index (χ1n) is 8.06. The molecule has 0 radical (unpaired) electrons. The number of piperazine rings is 1. The second kappa shape index (κ2) is 8.37. The van der Waals surface area contributed by atoms with Crippen molar-refractivity contribution >= 4 is 11.8 Å². The van der Waals surface area contributed by atoms with E-state index in [9.17, 15) is 9.59 Å². The van der Waals surface area contributed by atoms with Gasteiger partial charge in [0.15, 0.2) is 0 Å². The van der Waals surface area contributed by atoms with Crippen molar-refractivity contribution in [3.63, 3.8) is 0 Å². The van der Waals surface area contributed by atoms with Crippen LogP contribution < -0.4 is 5.32 Å². The second-order valence-electron chi connectivity index (χ2n) is 6.98. The largest absolute Gasteiger partial charge is 0.344 e. The highest BCUT2D eigenvalue weighted by Crippen LogP contribution is 2.11. The predicted octanol–water partition coefficient (Wildman–Crippen LogP) is 1.34. The SMILES string of the molecule is CC(C)CC(=O)N[C@@H](CC(C)C)C(=O)N1CCN(C)CC1.